The Kier molecular flexibility index (Phi) is 11.1. The maximum absolute atomic E-state index is 15.7. The van der Waals surface area contributed by atoms with Crippen molar-refractivity contribution >= 4 is 34.8 Å². The largest absolute Gasteiger partial charge is 0.496 e. The second-order valence-electron chi connectivity index (χ2n) is 14.2. The van der Waals surface area contributed by atoms with Crippen LogP contribution in [0.2, 0.25) is 10.0 Å². The highest BCUT2D eigenvalue weighted by Gasteiger charge is 2.31. The molecule has 7 rings (SSSR count). The lowest BCUT2D eigenvalue weighted by molar-refractivity contribution is 0.101. The summed E-state index contributed by atoms with van der Waals surface area (Å²) >= 11 is 13.7. The SMILES string of the molecule is COc1cc(OC2CCc3c(-c4cccc(NC(=O)c5nc6c(n5C)CCN(C(C)CO)C6)c4Cl)cccc32)c(Cl)c(F)c1CNC1CCCCC1. The minimum absolute atomic E-state index is 0.0179. The number of imidazole rings is 1. The number of hydrogen-bond acceptors (Lipinski definition) is 7. The lowest BCUT2D eigenvalue weighted by atomic mass is 9.95. The molecule has 2 unspecified atom stereocenters. The second-order valence-corrected chi connectivity index (χ2v) is 14.9. The van der Waals surface area contributed by atoms with Crippen LogP contribution in [-0.2, 0) is 33.0 Å². The maximum Gasteiger partial charge on any atom is 0.291 e. The number of aliphatic hydroxyl groups is 1. The third-order valence-electron chi connectivity index (χ3n) is 11.0. The Balaban J connectivity index is 1.09. The van der Waals surface area contributed by atoms with E-state index < -0.39 is 5.82 Å². The van der Waals surface area contributed by atoms with Gasteiger partial charge in [0.05, 0.1) is 30.1 Å². The lowest BCUT2D eigenvalue weighted by Gasteiger charge is -2.30. The Morgan fingerprint density at radius 2 is 1.83 bits per heavy atom. The van der Waals surface area contributed by atoms with Gasteiger partial charge in [-0.25, -0.2) is 9.37 Å². The molecule has 1 fully saturated rings. The van der Waals surface area contributed by atoms with Gasteiger partial charge in [0.15, 0.2) is 11.6 Å². The minimum Gasteiger partial charge on any atom is -0.496 e. The van der Waals surface area contributed by atoms with Crippen molar-refractivity contribution in [3.63, 3.8) is 0 Å². The highest BCUT2D eigenvalue weighted by Crippen LogP contribution is 2.45. The normalized spacial score (nSPS) is 18.2. The van der Waals surface area contributed by atoms with Gasteiger partial charge < -0.3 is 29.8 Å². The molecule has 0 spiro atoms. The van der Waals surface area contributed by atoms with Gasteiger partial charge in [0.2, 0.25) is 0 Å². The van der Waals surface area contributed by atoms with Crippen molar-refractivity contribution in [3.05, 3.63) is 92.2 Å². The van der Waals surface area contributed by atoms with Gasteiger partial charge in [0.25, 0.3) is 5.91 Å². The van der Waals surface area contributed by atoms with Crippen molar-refractivity contribution in [2.45, 2.75) is 89.6 Å². The molecule has 0 radical (unpaired) electrons. The monoisotopic (exact) mass is 749 g/mol. The first kappa shape index (κ1) is 36.7. The molecule has 276 valence electrons. The van der Waals surface area contributed by atoms with Crippen LogP contribution >= 0.6 is 23.2 Å². The van der Waals surface area contributed by atoms with Gasteiger partial charge >= 0.3 is 0 Å². The van der Waals surface area contributed by atoms with E-state index in [1.165, 1.54) is 26.4 Å². The first-order valence-corrected chi connectivity index (χ1v) is 19.0. The van der Waals surface area contributed by atoms with Crippen LogP contribution in [0.15, 0.2) is 42.5 Å². The van der Waals surface area contributed by atoms with Crippen molar-refractivity contribution in [2.24, 2.45) is 7.05 Å². The molecule has 3 aromatic carbocycles. The number of nitrogens with zero attached hydrogens (tertiary/aromatic N) is 3. The van der Waals surface area contributed by atoms with E-state index in [2.05, 4.69) is 15.5 Å². The number of anilines is 1. The quantitative estimate of drug-likeness (QED) is 0.143. The summed E-state index contributed by atoms with van der Waals surface area (Å²) in [6.45, 7) is 3.76. The molecule has 9 nitrogen and oxygen atoms in total. The molecule has 3 aliphatic rings. The Morgan fingerprint density at radius 3 is 2.60 bits per heavy atom. The van der Waals surface area contributed by atoms with Gasteiger partial charge in [-0.05, 0) is 55.4 Å². The molecule has 1 amide bonds. The standard InChI is InChI=1S/C40H46Cl2FN5O4/c1-23(22-49)48-18-17-32-31(21-48)45-39(47(32)2)40(50)46-30-14-8-13-28(36(30)41)25-11-7-12-27-26(25)15-16-33(27)52-35-19-34(51-3)29(38(43)37(35)42)20-44-24-9-5-4-6-10-24/h7-8,11-14,19,23-24,33,44,49H,4-6,9-10,15-18,20-22H2,1-3H3,(H,46,50). The van der Waals surface area contributed by atoms with Crippen molar-refractivity contribution in [3.8, 4) is 22.6 Å². The average Bonchev–Trinajstić information content (AvgIpc) is 3.73. The number of fused-ring (bicyclic) bond motifs is 2. The molecular weight excluding hydrogens is 704 g/mol. The number of methoxy groups -OCH3 is 1. The predicted octanol–water partition coefficient (Wildman–Crippen LogP) is 8.02. The van der Waals surface area contributed by atoms with Gasteiger partial charge in [-0.3, -0.25) is 9.69 Å². The Labute approximate surface area is 314 Å². The number of amides is 1. The summed E-state index contributed by atoms with van der Waals surface area (Å²) in [6.07, 6.45) is 7.57. The number of halogens is 3. The molecule has 52 heavy (non-hydrogen) atoms. The zero-order valence-corrected chi connectivity index (χ0v) is 31.4. The molecule has 0 saturated heterocycles. The van der Waals surface area contributed by atoms with Gasteiger partial charge in [0, 0.05) is 68.1 Å². The summed E-state index contributed by atoms with van der Waals surface area (Å²) in [4.78, 5) is 20.4. The summed E-state index contributed by atoms with van der Waals surface area (Å²) in [5.74, 6) is 0.0864. The third-order valence-corrected chi connectivity index (χ3v) is 11.8. The molecular formula is C40H46Cl2FN5O4. The van der Waals surface area contributed by atoms with E-state index in [1.807, 2.05) is 48.9 Å². The lowest BCUT2D eigenvalue weighted by Crippen LogP contribution is -2.39. The molecule has 1 saturated carbocycles. The zero-order chi connectivity index (χ0) is 36.5. The van der Waals surface area contributed by atoms with Crippen molar-refractivity contribution in [1.82, 2.24) is 19.8 Å². The van der Waals surface area contributed by atoms with E-state index >= 15 is 4.39 Å². The Bertz CT molecular complexity index is 1960. The first-order chi connectivity index (χ1) is 25.2. The first-order valence-electron chi connectivity index (χ1n) is 18.2. The molecule has 12 heteroatoms. The second kappa shape index (κ2) is 15.7. The molecule has 1 aliphatic heterocycles. The topological polar surface area (TPSA) is 101 Å². The van der Waals surface area contributed by atoms with E-state index in [0.29, 0.717) is 59.8 Å². The van der Waals surface area contributed by atoms with Crippen LogP contribution < -0.4 is 20.1 Å². The summed E-state index contributed by atoms with van der Waals surface area (Å²) in [5.41, 5.74) is 6.53. The van der Waals surface area contributed by atoms with E-state index in [4.69, 9.17) is 37.7 Å². The van der Waals surface area contributed by atoms with Gasteiger partial charge in [-0.1, -0.05) is 72.8 Å². The van der Waals surface area contributed by atoms with E-state index in [9.17, 15) is 9.90 Å². The van der Waals surface area contributed by atoms with Crippen LogP contribution in [0.3, 0.4) is 0 Å². The van der Waals surface area contributed by atoms with Crippen molar-refractivity contribution in [2.75, 3.05) is 25.6 Å². The number of aromatic nitrogens is 2. The number of carbonyl (C=O) groups is 1. The molecule has 3 N–H and O–H groups in total. The molecule has 0 bridgehead atoms. The van der Waals surface area contributed by atoms with Crippen molar-refractivity contribution < 1.29 is 23.8 Å². The summed E-state index contributed by atoms with van der Waals surface area (Å²) < 4.78 is 29.7. The number of benzene rings is 3. The van der Waals surface area contributed by atoms with Crippen LogP contribution in [0.1, 0.15) is 90.2 Å². The van der Waals surface area contributed by atoms with Gasteiger partial charge in [-0.15, -0.1) is 0 Å². The third kappa shape index (κ3) is 7.16. The van der Waals surface area contributed by atoms with Crippen molar-refractivity contribution in [1.29, 1.82) is 0 Å². The predicted molar refractivity (Wildman–Crippen MR) is 202 cm³/mol. The van der Waals surface area contributed by atoms with Crippen LogP contribution in [0.4, 0.5) is 10.1 Å². The highest BCUT2D eigenvalue weighted by atomic mass is 35.5. The molecule has 2 heterocycles. The van der Waals surface area contributed by atoms with Crippen LogP contribution in [-0.4, -0.2) is 57.8 Å². The van der Waals surface area contributed by atoms with E-state index in [0.717, 1.165) is 59.4 Å². The fraction of sp³-hybridized carbons (Fsp3) is 0.450. The summed E-state index contributed by atoms with van der Waals surface area (Å²) in [7, 11) is 3.39. The summed E-state index contributed by atoms with van der Waals surface area (Å²) in [6, 6.07) is 13.7. The number of ether oxygens (including phenoxy) is 2. The Morgan fingerprint density at radius 1 is 1.06 bits per heavy atom. The van der Waals surface area contributed by atoms with E-state index in [1.54, 1.807) is 12.1 Å². The average molecular weight is 751 g/mol. The van der Waals surface area contributed by atoms with Crippen LogP contribution in [0, 0.1) is 5.82 Å². The smallest absolute Gasteiger partial charge is 0.291 e. The molecule has 2 aliphatic carbocycles. The number of rotatable bonds is 11. The fourth-order valence-corrected chi connectivity index (χ4v) is 8.49. The highest BCUT2D eigenvalue weighted by molar-refractivity contribution is 6.36. The molecule has 1 aromatic heterocycles. The molecule has 2 atom stereocenters. The number of hydrogen-bond donors (Lipinski definition) is 3. The minimum atomic E-state index is -0.527. The van der Waals surface area contributed by atoms with Gasteiger partial charge in [0.1, 0.15) is 22.6 Å². The maximum atomic E-state index is 15.7. The number of carbonyl (C=O) groups excluding carboxylic acids is 1. The van der Waals surface area contributed by atoms with Crippen LogP contribution in [0.5, 0.6) is 11.5 Å². The Hall–Kier alpha value is -3.67. The zero-order valence-electron chi connectivity index (χ0n) is 29.9. The number of nitrogens with one attached hydrogen (secondary N) is 2. The molecule has 4 aromatic rings. The van der Waals surface area contributed by atoms with E-state index in [-0.39, 0.29) is 35.4 Å². The van der Waals surface area contributed by atoms with Gasteiger partial charge in [-0.2, -0.15) is 0 Å². The number of aliphatic hydroxyl groups excluding tert-OH is 1. The summed E-state index contributed by atoms with van der Waals surface area (Å²) in [5, 5.41) is 16.5. The van der Waals surface area contributed by atoms with Crippen LogP contribution in [0.25, 0.3) is 11.1 Å². The fourth-order valence-electron chi connectivity index (χ4n) is 8.01.